The van der Waals surface area contributed by atoms with Crippen LogP contribution in [0.25, 0.3) is 0 Å². The maximum Gasteiger partial charge on any atom is 0.306 e. The van der Waals surface area contributed by atoms with Gasteiger partial charge in [0, 0.05) is 19.3 Å². The van der Waals surface area contributed by atoms with Crippen LogP contribution in [0.5, 0.6) is 0 Å². The van der Waals surface area contributed by atoms with Crippen LogP contribution in [-0.4, -0.2) is 37.2 Å². The lowest BCUT2D eigenvalue weighted by Gasteiger charge is -2.18. The van der Waals surface area contributed by atoms with Crippen LogP contribution in [0.3, 0.4) is 0 Å². The number of rotatable bonds is 51. The lowest BCUT2D eigenvalue weighted by Crippen LogP contribution is -2.30. The summed E-state index contributed by atoms with van der Waals surface area (Å²) in [6, 6.07) is 0. The fourth-order valence-corrected chi connectivity index (χ4v) is 7.42. The van der Waals surface area contributed by atoms with Crippen LogP contribution in [0.1, 0.15) is 233 Å². The van der Waals surface area contributed by atoms with Gasteiger partial charge >= 0.3 is 17.9 Å². The molecule has 0 heterocycles. The van der Waals surface area contributed by atoms with Gasteiger partial charge in [0.05, 0.1) is 0 Å². The predicted octanol–water partition coefficient (Wildman–Crippen LogP) is 20.1. The van der Waals surface area contributed by atoms with Gasteiger partial charge in [-0.3, -0.25) is 14.4 Å². The monoisotopic (exact) mass is 1020 g/mol. The first-order valence-electron chi connectivity index (χ1n) is 29.5. The molecule has 0 aliphatic rings. The van der Waals surface area contributed by atoms with Gasteiger partial charge in [0.2, 0.25) is 0 Å². The maximum atomic E-state index is 12.8. The van der Waals surface area contributed by atoms with Crippen molar-refractivity contribution in [1.82, 2.24) is 0 Å². The van der Waals surface area contributed by atoms with Crippen LogP contribution >= 0.6 is 0 Å². The summed E-state index contributed by atoms with van der Waals surface area (Å²) >= 11 is 0. The van der Waals surface area contributed by atoms with E-state index < -0.39 is 6.10 Å². The highest BCUT2D eigenvalue weighted by molar-refractivity contribution is 5.71. The minimum Gasteiger partial charge on any atom is -0.462 e. The fraction of sp³-hybridized carbons (Fsp3) is 0.574. The Bertz CT molecular complexity index is 1690. The van der Waals surface area contributed by atoms with Gasteiger partial charge in [-0.15, -0.1) is 0 Å². The first-order valence-corrected chi connectivity index (χ1v) is 29.5. The summed E-state index contributed by atoms with van der Waals surface area (Å²) < 4.78 is 16.8. The molecule has 0 saturated heterocycles. The van der Waals surface area contributed by atoms with Gasteiger partial charge in [-0.05, 0) is 128 Å². The minimum atomic E-state index is -0.812. The third-order valence-corrected chi connectivity index (χ3v) is 11.8. The van der Waals surface area contributed by atoms with Crippen molar-refractivity contribution in [2.75, 3.05) is 13.2 Å². The Balaban J connectivity index is 4.39. The number of unbranched alkanes of at least 4 members (excludes halogenated alkanes) is 14. The van der Waals surface area contributed by atoms with E-state index >= 15 is 0 Å². The van der Waals surface area contributed by atoms with Crippen molar-refractivity contribution in [3.8, 4) is 0 Å². The second-order valence-electron chi connectivity index (χ2n) is 18.8. The van der Waals surface area contributed by atoms with E-state index in [1.807, 2.05) is 0 Å². The van der Waals surface area contributed by atoms with Gasteiger partial charge in [-0.1, -0.05) is 243 Å². The van der Waals surface area contributed by atoms with E-state index in [4.69, 9.17) is 14.2 Å². The van der Waals surface area contributed by atoms with Crippen molar-refractivity contribution < 1.29 is 28.6 Å². The van der Waals surface area contributed by atoms with E-state index in [0.717, 1.165) is 154 Å². The summed E-state index contributed by atoms with van der Waals surface area (Å²) in [6.45, 7) is 6.31. The standard InChI is InChI=1S/C68H106O6/c1-4-7-10-13-16-19-21-23-25-27-29-31-32-33-34-35-36-38-39-41-43-45-47-49-52-55-58-61-67(70)73-64-65(63-72-66(69)60-57-54-51-18-15-12-9-6-3)74-68(71)62-59-56-53-50-48-46-44-42-40-37-30-28-26-24-22-20-17-14-11-8-5-2/h7-8,10-11,16-17,19-20,23-26,29-31,33-34,36-38,41-44,47,49,65H,4-6,9,12-15,18,21-22,27-28,32,35,39-40,45-46,48,50-64H2,1-3H3/b10-7-,11-8-,19-16-,20-17-,25-23-,26-24-,31-29-,34-33-,37-30-,38-36-,43-41-,44-42-,49-47-. The van der Waals surface area contributed by atoms with Crippen molar-refractivity contribution >= 4 is 17.9 Å². The highest BCUT2D eigenvalue weighted by Crippen LogP contribution is 2.13. The van der Waals surface area contributed by atoms with E-state index in [0.29, 0.717) is 19.3 Å². The van der Waals surface area contributed by atoms with Crippen LogP contribution in [0.2, 0.25) is 0 Å². The Morgan fingerprint density at radius 3 is 0.851 bits per heavy atom. The lowest BCUT2D eigenvalue weighted by atomic mass is 10.1. The Labute approximate surface area is 454 Å². The topological polar surface area (TPSA) is 78.9 Å². The molecular weight excluding hydrogens is 913 g/mol. The molecule has 0 amide bonds. The summed E-state index contributed by atoms with van der Waals surface area (Å²) in [4.78, 5) is 38.0. The molecule has 0 radical (unpaired) electrons. The molecule has 0 aromatic rings. The first-order chi connectivity index (χ1) is 36.5. The summed E-state index contributed by atoms with van der Waals surface area (Å²) in [7, 11) is 0. The molecule has 0 aliphatic carbocycles. The quantitative estimate of drug-likeness (QED) is 0.0261. The lowest BCUT2D eigenvalue weighted by molar-refractivity contribution is -0.167. The van der Waals surface area contributed by atoms with Crippen molar-refractivity contribution in [3.05, 3.63) is 158 Å². The number of carbonyl (C=O) groups excluding carboxylic acids is 3. The molecule has 414 valence electrons. The first kappa shape index (κ1) is 69.0. The van der Waals surface area contributed by atoms with Crippen LogP contribution in [-0.2, 0) is 28.6 Å². The third kappa shape index (κ3) is 57.9. The molecule has 6 nitrogen and oxygen atoms in total. The van der Waals surface area contributed by atoms with Gasteiger partial charge in [0.25, 0.3) is 0 Å². The Morgan fingerprint density at radius 1 is 0.284 bits per heavy atom. The van der Waals surface area contributed by atoms with Gasteiger partial charge < -0.3 is 14.2 Å². The van der Waals surface area contributed by atoms with Gasteiger partial charge in [-0.2, -0.15) is 0 Å². The molecule has 0 aromatic heterocycles. The average molecular weight is 1020 g/mol. The number of hydrogen-bond donors (Lipinski definition) is 0. The molecule has 0 aliphatic heterocycles. The molecule has 0 N–H and O–H groups in total. The zero-order chi connectivity index (χ0) is 53.6. The van der Waals surface area contributed by atoms with E-state index in [1.165, 1.54) is 32.1 Å². The van der Waals surface area contributed by atoms with E-state index in [2.05, 4.69) is 179 Å². The van der Waals surface area contributed by atoms with Gasteiger partial charge in [0.1, 0.15) is 13.2 Å². The zero-order valence-corrected chi connectivity index (χ0v) is 47.3. The molecule has 1 unspecified atom stereocenters. The number of carbonyl (C=O) groups is 3. The predicted molar refractivity (Wildman–Crippen MR) is 320 cm³/mol. The molecule has 1 atom stereocenters. The second-order valence-corrected chi connectivity index (χ2v) is 18.8. The molecule has 0 saturated carbocycles. The summed E-state index contributed by atoms with van der Waals surface area (Å²) in [5, 5.41) is 0. The maximum absolute atomic E-state index is 12.8. The van der Waals surface area contributed by atoms with Crippen molar-refractivity contribution in [3.63, 3.8) is 0 Å². The molecular formula is C68H106O6. The number of hydrogen-bond acceptors (Lipinski definition) is 6. The van der Waals surface area contributed by atoms with Gasteiger partial charge in [-0.25, -0.2) is 0 Å². The smallest absolute Gasteiger partial charge is 0.306 e. The largest absolute Gasteiger partial charge is 0.462 e. The van der Waals surface area contributed by atoms with Crippen molar-refractivity contribution in [2.24, 2.45) is 0 Å². The molecule has 74 heavy (non-hydrogen) atoms. The van der Waals surface area contributed by atoms with Crippen LogP contribution in [0.15, 0.2) is 158 Å². The summed E-state index contributed by atoms with van der Waals surface area (Å²) in [6.07, 6.45) is 88.2. The number of ether oxygens (including phenoxy) is 3. The van der Waals surface area contributed by atoms with Crippen LogP contribution < -0.4 is 0 Å². The molecule has 0 rings (SSSR count). The Kier molecular flexibility index (Phi) is 56.5. The molecule has 6 heteroatoms. The van der Waals surface area contributed by atoms with Crippen LogP contribution in [0.4, 0.5) is 0 Å². The molecule has 0 aromatic carbocycles. The molecule has 0 bridgehead atoms. The van der Waals surface area contributed by atoms with E-state index in [1.54, 1.807) is 0 Å². The molecule has 0 fully saturated rings. The third-order valence-electron chi connectivity index (χ3n) is 11.8. The Hall–Kier alpha value is -4.97. The van der Waals surface area contributed by atoms with Gasteiger partial charge in [0.15, 0.2) is 6.10 Å². The summed E-state index contributed by atoms with van der Waals surface area (Å²) in [5.74, 6) is -0.983. The fourth-order valence-electron chi connectivity index (χ4n) is 7.42. The van der Waals surface area contributed by atoms with Crippen molar-refractivity contribution in [1.29, 1.82) is 0 Å². The average Bonchev–Trinajstić information content (AvgIpc) is 3.40. The minimum absolute atomic E-state index is 0.106. The van der Waals surface area contributed by atoms with E-state index in [-0.39, 0.29) is 37.5 Å². The van der Waals surface area contributed by atoms with Crippen molar-refractivity contribution in [2.45, 2.75) is 239 Å². The van der Waals surface area contributed by atoms with Crippen LogP contribution in [0, 0.1) is 0 Å². The second kappa shape index (κ2) is 60.6. The highest BCUT2D eigenvalue weighted by atomic mass is 16.6. The SMILES string of the molecule is CC/C=C\C/C=C\C/C=C\C/C=C\C/C=C\C/C=C\C/C=C\C/C=C\CCCCC(=O)OCC(COC(=O)CCCCCCCCCC)OC(=O)CCCCCCC/C=C\C/C=C\C/C=C\C/C=C\C/C=C\CC. The number of allylic oxidation sites excluding steroid dienone is 26. The molecule has 0 spiro atoms. The Morgan fingerprint density at radius 2 is 0.527 bits per heavy atom. The summed E-state index contributed by atoms with van der Waals surface area (Å²) in [5.41, 5.74) is 0. The highest BCUT2D eigenvalue weighted by Gasteiger charge is 2.19. The van der Waals surface area contributed by atoms with E-state index in [9.17, 15) is 14.4 Å². The normalized spacial score (nSPS) is 13.3. The number of esters is 3. The zero-order valence-electron chi connectivity index (χ0n) is 47.3.